The number of aryl methyl sites for hydroxylation is 1. The van der Waals surface area contributed by atoms with E-state index in [1.807, 2.05) is 55.5 Å². The normalized spacial score (nSPS) is 10.8. The maximum Gasteiger partial charge on any atom is 0.258 e. The molecule has 5 heteroatoms. The number of rotatable bonds is 6. The summed E-state index contributed by atoms with van der Waals surface area (Å²) in [5, 5.41) is 3.72. The summed E-state index contributed by atoms with van der Waals surface area (Å²) in [6.45, 7) is 2.38. The molecule has 0 saturated heterocycles. The molecule has 0 aliphatic rings. The molecular weight excluding hydrogens is 328 g/mol. The lowest BCUT2D eigenvalue weighted by Crippen LogP contribution is -2.30. The Hall–Kier alpha value is -3.34. The Morgan fingerprint density at radius 2 is 1.85 bits per heavy atom. The van der Waals surface area contributed by atoms with E-state index in [2.05, 4.69) is 9.99 Å². The minimum absolute atomic E-state index is 0.0968. The average molecular weight is 348 g/mol. The van der Waals surface area contributed by atoms with Gasteiger partial charge in [0, 0.05) is 11.3 Å². The molecular formula is C21H20N2O3. The first-order valence-electron chi connectivity index (χ1n) is 8.25. The van der Waals surface area contributed by atoms with Gasteiger partial charge in [0.1, 0.15) is 12.9 Å². The van der Waals surface area contributed by atoms with Crippen LogP contribution in [0.3, 0.4) is 0 Å². The van der Waals surface area contributed by atoms with Crippen molar-refractivity contribution in [1.29, 1.82) is 0 Å². The van der Waals surface area contributed by atoms with Crippen molar-refractivity contribution in [3.05, 3.63) is 89.4 Å². The van der Waals surface area contributed by atoms with Crippen LogP contribution in [0.15, 0.2) is 76.5 Å². The summed E-state index contributed by atoms with van der Waals surface area (Å²) in [6.07, 6.45) is 3.20. The highest BCUT2D eigenvalue weighted by Gasteiger charge is 2.19. The zero-order chi connectivity index (χ0) is 18.4. The summed E-state index contributed by atoms with van der Waals surface area (Å²) >= 11 is 0. The van der Waals surface area contributed by atoms with E-state index in [1.165, 1.54) is 7.11 Å². The lowest BCUT2D eigenvalue weighted by molar-refractivity contribution is 0.0983. The predicted molar refractivity (Wildman–Crippen MR) is 101 cm³/mol. The highest BCUT2D eigenvalue weighted by molar-refractivity contribution is 6.06. The molecule has 3 aromatic rings. The van der Waals surface area contributed by atoms with Crippen LogP contribution < -0.4 is 4.90 Å². The third kappa shape index (κ3) is 4.19. The number of amides is 1. The number of furan rings is 1. The van der Waals surface area contributed by atoms with Gasteiger partial charge in [-0.2, -0.15) is 0 Å². The molecule has 0 N–H and O–H groups in total. The minimum atomic E-state index is -0.0968. The molecule has 0 atom stereocenters. The second-order valence-electron chi connectivity index (χ2n) is 5.85. The van der Waals surface area contributed by atoms with Crippen molar-refractivity contribution in [2.75, 3.05) is 12.0 Å². The van der Waals surface area contributed by atoms with Gasteiger partial charge in [0.2, 0.25) is 0 Å². The largest absolute Gasteiger partial charge is 0.467 e. The molecule has 0 radical (unpaired) electrons. The smallest absolute Gasteiger partial charge is 0.258 e. The van der Waals surface area contributed by atoms with Crippen LogP contribution in [0.2, 0.25) is 0 Å². The van der Waals surface area contributed by atoms with Gasteiger partial charge in [-0.15, -0.1) is 0 Å². The van der Waals surface area contributed by atoms with E-state index < -0.39 is 0 Å². The topological polar surface area (TPSA) is 55.0 Å². The Bertz CT molecular complexity index is 867. The monoisotopic (exact) mass is 348 g/mol. The molecule has 1 aromatic heterocycles. The Kier molecular flexibility index (Phi) is 5.49. The van der Waals surface area contributed by atoms with Gasteiger partial charge in [0.05, 0.1) is 19.0 Å². The molecule has 0 aliphatic heterocycles. The van der Waals surface area contributed by atoms with Gasteiger partial charge in [0.15, 0.2) is 0 Å². The number of nitrogens with zero attached hydrogens (tertiary/aromatic N) is 2. The summed E-state index contributed by atoms with van der Waals surface area (Å²) in [5.74, 6) is 0.628. The molecule has 0 fully saturated rings. The second-order valence-corrected chi connectivity index (χ2v) is 5.85. The Morgan fingerprint density at radius 3 is 2.46 bits per heavy atom. The molecule has 132 valence electrons. The maximum absolute atomic E-state index is 13.1. The molecule has 0 aliphatic carbocycles. The fraction of sp³-hybridized carbons (Fsp3) is 0.143. The van der Waals surface area contributed by atoms with Crippen molar-refractivity contribution in [3.63, 3.8) is 0 Å². The third-order valence-electron chi connectivity index (χ3n) is 3.95. The fourth-order valence-electron chi connectivity index (χ4n) is 2.54. The molecule has 0 saturated carbocycles. The van der Waals surface area contributed by atoms with Crippen LogP contribution in [0.25, 0.3) is 0 Å². The molecule has 0 spiro atoms. The number of oxime groups is 1. The van der Waals surface area contributed by atoms with Crippen LogP contribution in [0.4, 0.5) is 5.69 Å². The average Bonchev–Trinajstić information content (AvgIpc) is 3.18. The van der Waals surface area contributed by atoms with E-state index in [0.29, 0.717) is 12.1 Å². The highest BCUT2D eigenvalue weighted by atomic mass is 16.6. The zero-order valence-corrected chi connectivity index (χ0v) is 14.8. The number of carbonyl (C=O) groups excluding carboxylic acids is 1. The van der Waals surface area contributed by atoms with Crippen molar-refractivity contribution >= 4 is 17.8 Å². The van der Waals surface area contributed by atoms with Gasteiger partial charge >= 0.3 is 0 Å². The fourth-order valence-corrected chi connectivity index (χ4v) is 2.54. The van der Waals surface area contributed by atoms with Crippen molar-refractivity contribution in [2.24, 2.45) is 5.16 Å². The standard InChI is InChI=1S/C21H20N2O3/c1-16-5-11-19(12-6-16)23(15-20-4-3-13-26-20)21(24)18-9-7-17(8-10-18)14-22-25-2/h3-14H,15H2,1-2H3/b22-14+. The van der Waals surface area contributed by atoms with E-state index >= 15 is 0 Å². The van der Waals surface area contributed by atoms with Crippen LogP contribution in [-0.4, -0.2) is 19.2 Å². The molecule has 3 rings (SSSR count). The minimum Gasteiger partial charge on any atom is -0.467 e. The van der Waals surface area contributed by atoms with E-state index in [-0.39, 0.29) is 5.91 Å². The van der Waals surface area contributed by atoms with Crippen LogP contribution in [0, 0.1) is 6.92 Å². The molecule has 5 nitrogen and oxygen atoms in total. The number of anilines is 1. The lowest BCUT2D eigenvalue weighted by atomic mass is 10.1. The van der Waals surface area contributed by atoms with Gasteiger partial charge in [-0.25, -0.2) is 0 Å². The molecule has 26 heavy (non-hydrogen) atoms. The highest BCUT2D eigenvalue weighted by Crippen LogP contribution is 2.21. The van der Waals surface area contributed by atoms with Crippen LogP contribution in [-0.2, 0) is 11.4 Å². The quantitative estimate of drug-likeness (QED) is 0.489. The van der Waals surface area contributed by atoms with Crippen molar-refractivity contribution in [2.45, 2.75) is 13.5 Å². The first-order valence-corrected chi connectivity index (χ1v) is 8.25. The second kappa shape index (κ2) is 8.16. The van der Waals surface area contributed by atoms with E-state index in [0.717, 1.165) is 22.6 Å². The Morgan fingerprint density at radius 1 is 1.12 bits per heavy atom. The van der Waals surface area contributed by atoms with Gasteiger partial charge < -0.3 is 14.2 Å². The van der Waals surface area contributed by atoms with Crippen molar-refractivity contribution in [3.8, 4) is 0 Å². The first kappa shape index (κ1) is 17.5. The zero-order valence-electron chi connectivity index (χ0n) is 14.8. The van der Waals surface area contributed by atoms with Crippen LogP contribution >= 0.6 is 0 Å². The SMILES string of the molecule is CO/N=C/c1ccc(C(=O)N(Cc2ccco2)c2ccc(C)cc2)cc1. The Labute approximate surface area is 152 Å². The molecule has 1 heterocycles. The molecule has 0 bridgehead atoms. The lowest BCUT2D eigenvalue weighted by Gasteiger charge is -2.22. The number of benzene rings is 2. The van der Waals surface area contributed by atoms with E-state index in [9.17, 15) is 4.79 Å². The number of carbonyl (C=O) groups is 1. The summed E-state index contributed by atoms with van der Waals surface area (Å²) in [4.78, 5) is 19.5. The van der Waals surface area contributed by atoms with Gasteiger partial charge in [-0.05, 0) is 48.9 Å². The van der Waals surface area contributed by atoms with Crippen molar-refractivity contribution < 1.29 is 14.0 Å². The maximum atomic E-state index is 13.1. The number of hydrogen-bond acceptors (Lipinski definition) is 4. The molecule has 2 aromatic carbocycles. The predicted octanol–water partition coefficient (Wildman–Crippen LogP) is 4.42. The van der Waals surface area contributed by atoms with E-state index in [4.69, 9.17) is 4.42 Å². The Balaban J connectivity index is 1.88. The third-order valence-corrected chi connectivity index (χ3v) is 3.95. The van der Waals surface area contributed by atoms with Crippen molar-refractivity contribution in [1.82, 2.24) is 0 Å². The molecule has 0 unspecified atom stereocenters. The van der Waals surface area contributed by atoms with Crippen LogP contribution in [0.5, 0.6) is 0 Å². The summed E-state index contributed by atoms with van der Waals surface area (Å²) in [7, 11) is 1.49. The van der Waals surface area contributed by atoms with Gasteiger partial charge in [-0.3, -0.25) is 4.79 Å². The summed E-state index contributed by atoms with van der Waals surface area (Å²) < 4.78 is 5.43. The van der Waals surface area contributed by atoms with E-state index in [1.54, 1.807) is 29.5 Å². The van der Waals surface area contributed by atoms with Gasteiger partial charge in [0.25, 0.3) is 5.91 Å². The molecule has 1 amide bonds. The first-order chi connectivity index (χ1) is 12.7. The van der Waals surface area contributed by atoms with Crippen LogP contribution in [0.1, 0.15) is 27.2 Å². The van der Waals surface area contributed by atoms with Gasteiger partial charge in [-0.1, -0.05) is 35.0 Å². The summed E-state index contributed by atoms with van der Waals surface area (Å²) in [6, 6.07) is 18.8. The summed E-state index contributed by atoms with van der Waals surface area (Å²) in [5.41, 5.74) is 3.41. The number of hydrogen-bond donors (Lipinski definition) is 0.